The van der Waals surface area contributed by atoms with Crippen molar-refractivity contribution in [2.45, 2.75) is 26.3 Å². The first kappa shape index (κ1) is 15.9. The number of hydrogen-bond acceptors (Lipinski definition) is 3. The number of benzene rings is 1. The van der Waals surface area contributed by atoms with E-state index in [0.29, 0.717) is 11.6 Å². The van der Waals surface area contributed by atoms with Crippen molar-refractivity contribution in [1.82, 2.24) is 4.90 Å². The highest BCUT2D eigenvalue weighted by Crippen LogP contribution is 2.16. The molecule has 0 aromatic heterocycles. The standard InChI is InChI=1S/C14H22FN3S/c1-4-10(2)18(3)8-7-17-13-6-5-11(15)9-12(13)14(16)19/h5-6,9-10,17H,4,7-8H2,1-3H3,(H2,16,19). The van der Waals surface area contributed by atoms with Crippen molar-refractivity contribution in [3.05, 3.63) is 29.6 Å². The van der Waals surface area contributed by atoms with Gasteiger partial charge in [-0.05, 0) is 38.6 Å². The molecule has 0 heterocycles. The van der Waals surface area contributed by atoms with Crippen molar-refractivity contribution in [2.75, 3.05) is 25.5 Å². The summed E-state index contributed by atoms with van der Waals surface area (Å²) in [6, 6.07) is 4.99. The van der Waals surface area contributed by atoms with Gasteiger partial charge in [-0.2, -0.15) is 0 Å². The van der Waals surface area contributed by atoms with Gasteiger partial charge < -0.3 is 16.0 Å². The lowest BCUT2D eigenvalue weighted by atomic mass is 10.1. The fourth-order valence-corrected chi connectivity index (χ4v) is 1.94. The summed E-state index contributed by atoms with van der Waals surface area (Å²) in [5.41, 5.74) is 6.94. The number of halogens is 1. The second kappa shape index (κ2) is 7.40. The average Bonchev–Trinajstić information content (AvgIpc) is 2.38. The predicted molar refractivity (Wildman–Crippen MR) is 83.2 cm³/mol. The van der Waals surface area contributed by atoms with Crippen LogP contribution in [0.25, 0.3) is 0 Å². The topological polar surface area (TPSA) is 41.3 Å². The summed E-state index contributed by atoms with van der Waals surface area (Å²) in [6.07, 6.45) is 1.12. The zero-order chi connectivity index (χ0) is 14.4. The van der Waals surface area contributed by atoms with Gasteiger partial charge in [0.2, 0.25) is 0 Å². The Kier molecular flexibility index (Phi) is 6.18. The second-order valence-electron chi connectivity index (χ2n) is 4.72. The molecular weight excluding hydrogens is 261 g/mol. The molecule has 0 spiro atoms. The maximum Gasteiger partial charge on any atom is 0.124 e. The number of nitrogens with one attached hydrogen (secondary N) is 1. The highest BCUT2D eigenvalue weighted by molar-refractivity contribution is 7.80. The van der Waals surface area contributed by atoms with E-state index in [1.807, 2.05) is 0 Å². The van der Waals surface area contributed by atoms with E-state index in [9.17, 15) is 4.39 Å². The third kappa shape index (κ3) is 4.76. The zero-order valence-corrected chi connectivity index (χ0v) is 12.6. The van der Waals surface area contributed by atoms with Crippen LogP contribution < -0.4 is 11.1 Å². The largest absolute Gasteiger partial charge is 0.389 e. The summed E-state index contributed by atoms with van der Waals surface area (Å²) < 4.78 is 13.2. The van der Waals surface area contributed by atoms with E-state index in [1.165, 1.54) is 12.1 Å². The molecule has 0 amide bonds. The van der Waals surface area contributed by atoms with E-state index in [2.05, 4.69) is 31.1 Å². The first-order chi connectivity index (χ1) is 8.95. The normalized spacial score (nSPS) is 12.5. The summed E-state index contributed by atoms with van der Waals surface area (Å²) >= 11 is 4.93. The minimum atomic E-state index is -0.329. The fraction of sp³-hybridized carbons (Fsp3) is 0.500. The van der Waals surface area contributed by atoms with Gasteiger partial charge in [-0.15, -0.1) is 0 Å². The Morgan fingerprint density at radius 3 is 2.79 bits per heavy atom. The SMILES string of the molecule is CCC(C)N(C)CCNc1ccc(F)cc1C(N)=S. The molecule has 1 aromatic rings. The van der Waals surface area contributed by atoms with Gasteiger partial charge in [-0.3, -0.25) is 0 Å². The van der Waals surface area contributed by atoms with Gasteiger partial charge in [0.1, 0.15) is 10.8 Å². The van der Waals surface area contributed by atoms with Crippen molar-refractivity contribution in [2.24, 2.45) is 5.73 Å². The lowest BCUT2D eigenvalue weighted by molar-refractivity contribution is 0.261. The Morgan fingerprint density at radius 2 is 2.21 bits per heavy atom. The van der Waals surface area contributed by atoms with Crippen molar-refractivity contribution in [3.63, 3.8) is 0 Å². The molecule has 0 fully saturated rings. The van der Waals surface area contributed by atoms with E-state index in [4.69, 9.17) is 18.0 Å². The van der Waals surface area contributed by atoms with Gasteiger partial charge >= 0.3 is 0 Å². The smallest absolute Gasteiger partial charge is 0.124 e. The number of anilines is 1. The maximum atomic E-state index is 13.2. The molecule has 106 valence electrons. The van der Waals surface area contributed by atoms with Gasteiger partial charge in [-0.25, -0.2) is 4.39 Å². The Bertz CT molecular complexity index is 437. The van der Waals surface area contributed by atoms with Crippen LogP contribution in [0.3, 0.4) is 0 Å². The van der Waals surface area contributed by atoms with Gasteiger partial charge in [0.25, 0.3) is 0 Å². The Balaban J connectivity index is 2.61. The molecule has 0 aliphatic rings. The highest BCUT2D eigenvalue weighted by atomic mass is 32.1. The van der Waals surface area contributed by atoms with Crippen LogP contribution in [0, 0.1) is 5.82 Å². The summed E-state index contributed by atoms with van der Waals surface area (Å²) in [4.78, 5) is 2.48. The lowest BCUT2D eigenvalue weighted by Crippen LogP contribution is -2.33. The molecule has 3 nitrogen and oxygen atoms in total. The van der Waals surface area contributed by atoms with Crippen LogP contribution in [0.1, 0.15) is 25.8 Å². The predicted octanol–water partition coefficient (Wildman–Crippen LogP) is 2.60. The van der Waals surface area contributed by atoms with Crippen LogP contribution in [-0.2, 0) is 0 Å². The molecule has 0 radical (unpaired) electrons. The highest BCUT2D eigenvalue weighted by Gasteiger charge is 2.08. The van der Waals surface area contributed by atoms with Crippen molar-refractivity contribution < 1.29 is 4.39 Å². The molecule has 0 saturated heterocycles. The van der Waals surface area contributed by atoms with E-state index < -0.39 is 0 Å². The minimum absolute atomic E-state index is 0.206. The average molecular weight is 283 g/mol. The van der Waals surface area contributed by atoms with Crippen LogP contribution in [0.2, 0.25) is 0 Å². The maximum absolute atomic E-state index is 13.2. The fourth-order valence-electron chi connectivity index (χ4n) is 1.77. The second-order valence-corrected chi connectivity index (χ2v) is 5.16. The van der Waals surface area contributed by atoms with E-state index in [-0.39, 0.29) is 10.8 Å². The van der Waals surface area contributed by atoms with Crippen LogP contribution in [0.15, 0.2) is 18.2 Å². The molecule has 0 aliphatic carbocycles. The monoisotopic (exact) mass is 283 g/mol. The van der Waals surface area contributed by atoms with Crippen LogP contribution in [0.4, 0.5) is 10.1 Å². The summed E-state index contributed by atoms with van der Waals surface area (Å²) in [5, 5.41) is 3.26. The summed E-state index contributed by atoms with van der Waals surface area (Å²) in [7, 11) is 2.09. The Labute approximate surface area is 120 Å². The van der Waals surface area contributed by atoms with Gasteiger partial charge in [0, 0.05) is 30.4 Å². The molecule has 1 unspecified atom stereocenters. The van der Waals surface area contributed by atoms with E-state index >= 15 is 0 Å². The number of nitrogens with zero attached hydrogens (tertiary/aromatic N) is 1. The van der Waals surface area contributed by atoms with Crippen molar-refractivity contribution in [3.8, 4) is 0 Å². The van der Waals surface area contributed by atoms with Gasteiger partial charge in [0.15, 0.2) is 0 Å². The van der Waals surface area contributed by atoms with Crippen molar-refractivity contribution >= 4 is 22.9 Å². The number of thiocarbonyl (C=S) groups is 1. The van der Waals surface area contributed by atoms with E-state index in [1.54, 1.807) is 6.07 Å². The Morgan fingerprint density at radius 1 is 1.53 bits per heavy atom. The van der Waals surface area contributed by atoms with Crippen molar-refractivity contribution in [1.29, 1.82) is 0 Å². The molecule has 1 rings (SSSR count). The number of rotatable bonds is 7. The van der Waals surface area contributed by atoms with Crippen LogP contribution >= 0.6 is 12.2 Å². The summed E-state index contributed by atoms with van der Waals surface area (Å²) in [5.74, 6) is -0.329. The quantitative estimate of drug-likeness (QED) is 0.755. The van der Waals surface area contributed by atoms with E-state index in [0.717, 1.165) is 25.2 Å². The van der Waals surface area contributed by atoms with Gasteiger partial charge in [0.05, 0.1) is 0 Å². The molecular formula is C14H22FN3S. The molecule has 0 bridgehead atoms. The van der Waals surface area contributed by atoms with Gasteiger partial charge in [-0.1, -0.05) is 19.1 Å². The first-order valence-corrected chi connectivity index (χ1v) is 6.90. The number of nitrogens with two attached hydrogens (primary N) is 1. The third-order valence-electron chi connectivity index (χ3n) is 3.37. The molecule has 0 aliphatic heterocycles. The molecule has 19 heavy (non-hydrogen) atoms. The third-order valence-corrected chi connectivity index (χ3v) is 3.59. The number of likely N-dealkylation sites (N-methyl/N-ethyl adjacent to an activating group) is 1. The van der Waals surface area contributed by atoms with Crippen LogP contribution in [-0.4, -0.2) is 36.1 Å². The summed E-state index contributed by atoms with van der Waals surface area (Å²) in [6.45, 7) is 6.03. The van der Waals surface area contributed by atoms with Crippen LogP contribution in [0.5, 0.6) is 0 Å². The molecule has 0 saturated carbocycles. The molecule has 5 heteroatoms. The first-order valence-electron chi connectivity index (χ1n) is 6.49. The lowest BCUT2D eigenvalue weighted by Gasteiger charge is -2.24. The minimum Gasteiger partial charge on any atom is -0.389 e. The molecule has 1 atom stereocenters. The zero-order valence-electron chi connectivity index (χ0n) is 11.7. The molecule has 1 aromatic carbocycles. The Hall–Kier alpha value is -1.20. The number of hydrogen-bond donors (Lipinski definition) is 2. The molecule has 3 N–H and O–H groups in total.